The van der Waals surface area contributed by atoms with Crippen LogP contribution in [0.15, 0.2) is 52.5 Å². The van der Waals surface area contributed by atoms with Crippen LogP contribution in [0.5, 0.6) is 11.5 Å². The van der Waals surface area contributed by atoms with Gasteiger partial charge >= 0.3 is 6.03 Å². The zero-order valence-corrected chi connectivity index (χ0v) is 20.1. The molecule has 2 aromatic carbocycles. The minimum atomic E-state index is -0.846. The Labute approximate surface area is 201 Å². The standard InChI is InChI=1S/C25H27BrN2O5/c1-2-3-4-5-6-7-14-33-22-13-8-18(26)15-17(22)16-21-23(30)27-25(32)28(24(21)31)19-9-11-20(29)12-10-19/h8-13,15-16,29H,2-7,14H2,1H3,(H,27,30,32)/b21-16-. The fourth-order valence-electron chi connectivity index (χ4n) is 3.48. The second-order valence-electron chi connectivity index (χ2n) is 7.77. The van der Waals surface area contributed by atoms with Crippen molar-refractivity contribution in [1.29, 1.82) is 0 Å². The molecule has 1 heterocycles. The summed E-state index contributed by atoms with van der Waals surface area (Å²) in [7, 11) is 0. The zero-order valence-electron chi connectivity index (χ0n) is 18.5. The maximum absolute atomic E-state index is 13.1. The number of aromatic hydroxyl groups is 1. The van der Waals surface area contributed by atoms with Crippen molar-refractivity contribution in [3.63, 3.8) is 0 Å². The van der Waals surface area contributed by atoms with Gasteiger partial charge in [0, 0.05) is 10.0 Å². The van der Waals surface area contributed by atoms with E-state index in [1.807, 2.05) is 6.07 Å². The van der Waals surface area contributed by atoms with Crippen molar-refractivity contribution < 1.29 is 24.2 Å². The van der Waals surface area contributed by atoms with Crippen LogP contribution >= 0.6 is 15.9 Å². The molecule has 0 saturated carbocycles. The number of nitrogens with zero attached hydrogens (tertiary/aromatic N) is 1. The lowest BCUT2D eigenvalue weighted by Gasteiger charge is -2.26. The Morgan fingerprint density at radius 2 is 1.70 bits per heavy atom. The maximum Gasteiger partial charge on any atom is 0.335 e. The van der Waals surface area contributed by atoms with Crippen LogP contribution in [0, 0.1) is 0 Å². The molecule has 2 N–H and O–H groups in total. The predicted molar refractivity (Wildman–Crippen MR) is 130 cm³/mol. The molecule has 174 valence electrons. The molecule has 0 aliphatic carbocycles. The largest absolute Gasteiger partial charge is 0.508 e. The van der Waals surface area contributed by atoms with Gasteiger partial charge in [0.25, 0.3) is 11.8 Å². The number of urea groups is 1. The van der Waals surface area contributed by atoms with Gasteiger partial charge in [-0.1, -0.05) is 55.0 Å². The number of ether oxygens (including phenoxy) is 1. The second-order valence-corrected chi connectivity index (χ2v) is 8.69. The van der Waals surface area contributed by atoms with E-state index in [1.54, 1.807) is 12.1 Å². The Morgan fingerprint density at radius 3 is 2.42 bits per heavy atom. The number of unbranched alkanes of at least 4 members (excludes halogenated alkanes) is 5. The minimum absolute atomic E-state index is 0.00301. The molecular weight excluding hydrogens is 488 g/mol. The Morgan fingerprint density at radius 1 is 1.00 bits per heavy atom. The van der Waals surface area contributed by atoms with Gasteiger partial charge in [0.2, 0.25) is 0 Å². The van der Waals surface area contributed by atoms with E-state index in [0.29, 0.717) is 17.9 Å². The topological polar surface area (TPSA) is 95.9 Å². The fourth-order valence-corrected chi connectivity index (χ4v) is 3.86. The zero-order chi connectivity index (χ0) is 23.8. The molecule has 0 atom stereocenters. The summed E-state index contributed by atoms with van der Waals surface area (Å²) < 4.78 is 6.70. The van der Waals surface area contributed by atoms with E-state index in [4.69, 9.17) is 4.74 Å². The van der Waals surface area contributed by atoms with Crippen molar-refractivity contribution in [2.24, 2.45) is 0 Å². The molecule has 7 nitrogen and oxygen atoms in total. The number of phenols is 1. The Balaban J connectivity index is 1.79. The van der Waals surface area contributed by atoms with Crippen molar-refractivity contribution in [3.8, 4) is 11.5 Å². The van der Waals surface area contributed by atoms with Crippen LogP contribution in [0.4, 0.5) is 10.5 Å². The molecule has 1 fully saturated rings. The third-order valence-corrected chi connectivity index (χ3v) is 5.73. The van der Waals surface area contributed by atoms with Crippen LogP contribution in [-0.2, 0) is 9.59 Å². The number of imide groups is 2. The number of carbonyl (C=O) groups excluding carboxylic acids is 3. The molecule has 0 unspecified atom stereocenters. The van der Waals surface area contributed by atoms with Crippen LogP contribution in [0.3, 0.4) is 0 Å². The lowest BCUT2D eigenvalue weighted by molar-refractivity contribution is -0.122. The molecule has 0 aromatic heterocycles. The number of halogens is 1. The van der Waals surface area contributed by atoms with Crippen molar-refractivity contribution >= 4 is 45.5 Å². The smallest absolute Gasteiger partial charge is 0.335 e. The summed E-state index contributed by atoms with van der Waals surface area (Å²) in [6, 6.07) is 10.1. The summed E-state index contributed by atoms with van der Waals surface area (Å²) in [6.07, 6.45) is 8.26. The second kappa shape index (κ2) is 11.7. The van der Waals surface area contributed by atoms with Crippen molar-refractivity contribution in [3.05, 3.63) is 58.1 Å². The Kier molecular flexibility index (Phi) is 8.65. The molecule has 33 heavy (non-hydrogen) atoms. The first-order valence-electron chi connectivity index (χ1n) is 11.0. The first-order valence-corrected chi connectivity index (χ1v) is 11.8. The first kappa shape index (κ1) is 24.5. The molecule has 1 aliphatic heterocycles. The lowest BCUT2D eigenvalue weighted by Crippen LogP contribution is -2.54. The number of anilines is 1. The quantitative estimate of drug-likeness (QED) is 0.245. The number of barbiturate groups is 1. The first-order chi connectivity index (χ1) is 15.9. The summed E-state index contributed by atoms with van der Waals surface area (Å²) >= 11 is 3.41. The average molecular weight is 515 g/mol. The van der Waals surface area contributed by atoms with Crippen molar-refractivity contribution in [2.75, 3.05) is 11.5 Å². The molecule has 0 radical (unpaired) electrons. The third-order valence-electron chi connectivity index (χ3n) is 5.24. The predicted octanol–water partition coefficient (Wildman–Crippen LogP) is 5.56. The Hall–Kier alpha value is -3.13. The number of rotatable bonds is 10. The minimum Gasteiger partial charge on any atom is -0.508 e. The van der Waals surface area contributed by atoms with Gasteiger partial charge in [-0.3, -0.25) is 14.9 Å². The van der Waals surface area contributed by atoms with Crippen LogP contribution in [0.25, 0.3) is 6.08 Å². The number of phenolic OH excluding ortho intramolecular Hbond substituents is 1. The number of benzene rings is 2. The number of hydrogen-bond acceptors (Lipinski definition) is 5. The van der Waals surface area contributed by atoms with E-state index in [1.165, 1.54) is 56.0 Å². The molecule has 1 saturated heterocycles. The van der Waals surface area contributed by atoms with E-state index in [-0.39, 0.29) is 17.0 Å². The van der Waals surface area contributed by atoms with Gasteiger partial charge < -0.3 is 9.84 Å². The number of amides is 4. The molecule has 3 rings (SSSR count). The normalized spacial score (nSPS) is 15.2. The highest BCUT2D eigenvalue weighted by Crippen LogP contribution is 2.29. The van der Waals surface area contributed by atoms with E-state index >= 15 is 0 Å². The Bertz CT molecular complexity index is 1050. The molecule has 8 heteroatoms. The number of hydrogen-bond donors (Lipinski definition) is 2. The average Bonchev–Trinajstić information content (AvgIpc) is 2.78. The van der Waals surface area contributed by atoms with Crippen molar-refractivity contribution in [1.82, 2.24) is 5.32 Å². The van der Waals surface area contributed by atoms with Crippen molar-refractivity contribution in [2.45, 2.75) is 45.4 Å². The summed E-state index contributed by atoms with van der Waals surface area (Å²) in [5.41, 5.74) is 0.599. The summed E-state index contributed by atoms with van der Waals surface area (Å²) in [4.78, 5) is 38.8. The monoisotopic (exact) mass is 514 g/mol. The SMILES string of the molecule is CCCCCCCCOc1ccc(Br)cc1/C=C1/C(=O)NC(=O)N(c2ccc(O)cc2)C1=O. The van der Waals surface area contributed by atoms with Crippen LogP contribution < -0.4 is 15.0 Å². The highest BCUT2D eigenvalue weighted by atomic mass is 79.9. The number of nitrogens with one attached hydrogen (secondary N) is 1. The van der Waals surface area contributed by atoms with Gasteiger partial charge in [-0.05, 0) is 55.0 Å². The van der Waals surface area contributed by atoms with Gasteiger partial charge in [0.1, 0.15) is 17.1 Å². The molecule has 0 bridgehead atoms. The van der Waals surface area contributed by atoms with Gasteiger partial charge in [-0.2, -0.15) is 0 Å². The molecule has 1 aliphatic rings. The van der Waals surface area contributed by atoms with Crippen LogP contribution in [0.1, 0.15) is 51.0 Å². The molecular formula is C25H27BrN2O5. The summed E-state index contributed by atoms with van der Waals surface area (Å²) in [5, 5.41) is 11.7. The number of carbonyl (C=O) groups is 3. The summed E-state index contributed by atoms with van der Waals surface area (Å²) in [6.45, 7) is 2.71. The maximum atomic E-state index is 13.1. The lowest BCUT2D eigenvalue weighted by atomic mass is 10.1. The van der Waals surface area contributed by atoms with Gasteiger partial charge in [-0.15, -0.1) is 0 Å². The highest BCUT2D eigenvalue weighted by molar-refractivity contribution is 9.10. The fraction of sp³-hybridized carbons (Fsp3) is 0.320. The highest BCUT2D eigenvalue weighted by Gasteiger charge is 2.37. The molecule has 4 amide bonds. The van der Waals surface area contributed by atoms with E-state index < -0.39 is 17.8 Å². The molecule has 2 aromatic rings. The third kappa shape index (κ3) is 6.44. The van der Waals surface area contributed by atoms with Gasteiger partial charge in [0.05, 0.1) is 12.3 Å². The van der Waals surface area contributed by atoms with E-state index in [2.05, 4.69) is 28.2 Å². The van der Waals surface area contributed by atoms with Gasteiger partial charge in [-0.25, -0.2) is 9.69 Å². The van der Waals surface area contributed by atoms with Gasteiger partial charge in [0.15, 0.2) is 0 Å². The van der Waals surface area contributed by atoms with Crippen LogP contribution in [0.2, 0.25) is 0 Å². The van der Waals surface area contributed by atoms with E-state index in [0.717, 1.165) is 22.2 Å². The summed E-state index contributed by atoms with van der Waals surface area (Å²) in [5.74, 6) is -0.983. The van der Waals surface area contributed by atoms with E-state index in [9.17, 15) is 19.5 Å². The molecule has 0 spiro atoms. The van der Waals surface area contributed by atoms with Crippen LogP contribution in [-0.4, -0.2) is 29.6 Å².